The predicted octanol–water partition coefficient (Wildman–Crippen LogP) is 11.5. The van der Waals surface area contributed by atoms with Crippen molar-refractivity contribution in [3.8, 4) is 0 Å². The van der Waals surface area contributed by atoms with Crippen molar-refractivity contribution in [3.05, 3.63) is 0 Å². The zero-order valence-electron chi connectivity index (χ0n) is 31.6. The minimum absolute atomic E-state index is 0.0677. The van der Waals surface area contributed by atoms with E-state index >= 15 is 0 Å². The van der Waals surface area contributed by atoms with E-state index in [0.29, 0.717) is 12.8 Å². The molecule has 0 amide bonds. The van der Waals surface area contributed by atoms with Crippen molar-refractivity contribution in [1.29, 1.82) is 0 Å². The highest BCUT2D eigenvalue weighted by Crippen LogP contribution is 2.47. The van der Waals surface area contributed by atoms with Gasteiger partial charge in [-0.25, -0.2) is 9.34 Å². The van der Waals surface area contributed by atoms with Gasteiger partial charge in [0, 0.05) is 25.9 Å². The van der Waals surface area contributed by atoms with Crippen LogP contribution in [0.3, 0.4) is 0 Å². The molecular formula is C39H77N2O5P. The molecule has 7 nitrogen and oxygen atoms in total. The third-order valence-electron chi connectivity index (χ3n) is 9.40. The first-order valence-corrected chi connectivity index (χ1v) is 21.3. The van der Waals surface area contributed by atoms with Crippen LogP contribution in [0, 0.1) is 0 Å². The molecule has 1 rings (SSSR count). The number of likely N-dealkylation sites (N-methyl/N-ethyl adjacent to an activating group) is 2. The van der Waals surface area contributed by atoms with Crippen LogP contribution in [-0.4, -0.2) is 67.8 Å². The van der Waals surface area contributed by atoms with Gasteiger partial charge in [0.05, 0.1) is 6.61 Å². The van der Waals surface area contributed by atoms with Crippen molar-refractivity contribution < 1.29 is 23.6 Å². The fourth-order valence-electron chi connectivity index (χ4n) is 6.26. The maximum atomic E-state index is 12.7. The van der Waals surface area contributed by atoms with E-state index in [1.165, 1.54) is 141 Å². The second kappa shape index (κ2) is 32.5. The van der Waals surface area contributed by atoms with E-state index in [-0.39, 0.29) is 25.2 Å². The van der Waals surface area contributed by atoms with Gasteiger partial charge in [-0.15, -0.1) is 0 Å². The number of esters is 2. The SMILES string of the molecule is CCCCCCCCCCCCCCCC(=O)OC[C@@H](COP1N(C)CCN1C)OC(=O)CCCCCCCCCCCCCCC. The molecule has 0 N–H and O–H groups in total. The van der Waals surface area contributed by atoms with E-state index in [0.717, 1.165) is 38.8 Å². The van der Waals surface area contributed by atoms with Crippen LogP contribution in [-0.2, 0) is 23.6 Å². The molecule has 1 atom stereocenters. The van der Waals surface area contributed by atoms with Gasteiger partial charge in [-0.1, -0.05) is 168 Å². The number of hydrogen-bond donors (Lipinski definition) is 0. The van der Waals surface area contributed by atoms with E-state index in [4.69, 9.17) is 14.0 Å². The van der Waals surface area contributed by atoms with Gasteiger partial charge in [0.2, 0.25) is 0 Å². The standard InChI is InChI=1S/C39H77N2O5P/c1-5-7-9-11-13-15-17-19-21-23-25-27-29-31-38(42)44-35-37(36-45-47-40(3)33-34-41(47)4)46-39(43)32-30-28-26-24-22-20-18-16-14-12-10-8-6-2/h37H,5-36H2,1-4H3/t37-/m0/s1. The van der Waals surface area contributed by atoms with Crippen LogP contribution in [0.1, 0.15) is 194 Å². The lowest BCUT2D eigenvalue weighted by molar-refractivity contribution is -0.161. The first-order valence-electron chi connectivity index (χ1n) is 20.2. The quantitative estimate of drug-likeness (QED) is 0.0379. The summed E-state index contributed by atoms with van der Waals surface area (Å²) >= 11 is 0. The van der Waals surface area contributed by atoms with Gasteiger partial charge in [-0.05, 0) is 26.9 Å². The lowest BCUT2D eigenvalue weighted by Gasteiger charge is -2.26. The summed E-state index contributed by atoms with van der Waals surface area (Å²) in [5.41, 5.74) is 0. The summed E-state index contributed by atoms with van der Waals surface area (Å²) in [6.45, 7) is 6.77. The van der Waals surface area contributed by atoms with E-state index in [1.54, 1.807) is 0 Å². The molecule has 0 aromatic heterocycles. The second-order valence-electron chi connectivity index (χ2n) is 14.1. The minimum atomic E-state index is -0.868. The molecule has 1 aliphatic rings. The average molecular weight is 685 g/mol. The number of carbonyl (C=O) groups excluding carboxylic acids is 2. The highest BCUT2D eigenvalue weighted by Gasteiger charge is 2.30. The molecule has 278 valence electrons. The third kappa shape index (κ3) is 26.8. The van der Waals surface area contributed by atoms with Crippen LogP contribution < -0.4 is 0 Å². The maximum absolute atomic E-state index is 12.7. The van der Waals surface area contributed by atoms with Crippen molar-refractivity contribution in [2.24, 2.45) is 0 Å². The van der Waals surface area contributed by atoms with Crippen LogP contribution in [0.4, 0.5) is 0 Å². The summed E-state index contributed by atoms with van der Waals surface area (Å²) in [7, 11) is 3.24. The smallest absolute Gasteiger partial charge is 0.306 e. The molecular weight excluding hydrogens is 607 g/mol. The van der Waals surface area contributed by atoms with Crippen molar-refractivity contribution in [3.63, 3.8) is 0 Å². The highest BCUT2D eigenvalue weighted by molar-refractivity contribution is 7.47. The van der Waals surface area contributed by atoms with E-state index in [1.807, 2.05) is 0 Å². The zero-order valence-corrected chi connectivity index (χ0v) is 32.5. The Balaban J connectivity index is 2.19. The Bertz CT molecular complexity index is 717. The lowest BCUT2D eigenvalue weighted by Crippen LogP contribution is -2.30. The number of unbranched alkanes of at least 4 members (excludes halogenated alkanes) is 24. The van der Waals surface area contributed by atoms with Crippen LogP contribution in [0.25, 0.3) is 0 Å². The first kappa shape index (κ1) is 44.3. The molecule has 0 aliphatic carbocycles. The van der Waals surface area contributed by atoms with Crippen molar-refractivity contribution in [1.82, 2.24) is 9.34 Å². The minimum Gasteiger partial charge on any atom is -0.462 e. The Kier molecular flexibility index (Phi) is 30.6. The highest BCUT2D eigenvalue weighted by atomic mass is 31.2. The van der Waals surface area contributed by atoms with Crippen LogP contribution in [0.5, 0.6) is 0 Å². The van der Waals surface area contributed by atoms with E-state index in [2.05, 4.69) is 37.3 Å². The van der Waals surface area contributed by atoms with E-state index in [9.17, 15) is 9.59 Å². The molecule has 8 heteroatoms. The fourth-order valence-corrected chi connectivity index (χ4v) is 8.00. The largest absolute Gasteiger partial charge is 0.462 e. The average Bonchev–Trinajstić information content (AvgIpc) is 3.39. The predicted molar refractivity (Wildman–Crippen MR) is 200 cm³/mol. The van der Waals surface area contributed by atoms with Gasteiger partial charge in [0.15, 0.2) is 14.6 Å². The summed E-state index contributed by atoms with van der Waals surface area (Å²) in [6.07, 6.45) is 33.5. The molecule has 47 heavy (non-hydrogen) atoms. The molecule has 0 aromatic rings. The molecule has 0 saturated carbocycles. The van der Waals surface area contributed by atoms with Gasteiger partial charge in [-0.2, -0.15) is 0 Å². The van der Waals surface area contributed by atoms with Crippen molar-refractivity contribution in [2.45, 2.75) is 200 Å². The van der Waals surface area contributed by atoms with Gasteiger partial charge < -0.3 is 14.0 Å². The Morgan fingerprint density at radius 1 is 0.511 bits per heavy atom. The topological polar surface area (TPSA) is 68.3 Å². The Morgan fingerprint density at radius 3 is 1.23 bits per heavy atom. The monoisotopic (exact) mass is 685 g/mol. The van der Waals surface area contributed by atoms with Gasteiger partial charge >= 0.3 is 11.9 Å². The number of carbonyl (C=O) groups is 2. The molecule has 0 radical (unpaired) electrons. The number of ether oxygens (including phenoxy) is 2. The molecule has 0 spiro atoms. The summed E-state index contributed by atoms with van der Waals surface area (Å²) < 4.78 is 21.9. The molecule has 0 bridgehead atoms. The Labute approximate surface area is 292 Å². The van der Waals surface area contributed by atoms with Crippen LogP contribution in [0.2, 0.25) is 0 Å². The maximum Gasteiger partial charge on any atom is 0.306 e. The third-order valence-corrected chi connectivity index (χ3v) is 11.4. The first-order chi connectivity index (χ1) is 23.0. The Hall–Kier alpha value is -0.750. The Morgan fingerprint density at radius 2 is 0.851 bits per heavy atom. The van der Waals surface area contributed by atoms with Gasteiger partial charge in [-0.3, -0.25) is 9.59 Å². The molecule has 1 saturated heterocycles. The molecule has 1 heterocycles. The van der Waals surface area contributed by atoms with Crippen LogP contribution >= 0.6 is 8.45 Å². The van der Waals surface area contributed by atoms with Crippen LogP contribution in [0.15, 0.2) is 0 Å². The molecule has 1 fully saturated rings. The van der Waals surface area contributed by atoms with Gasteiger partial charge in [0.25, 0.3) is 0 Å². The normalized spacial score (nSPS) is 15.0. The van der Waals surface area contributed by atoms with E-state index < -0.39 is 14.6 Å². The molecule has 0 aromatic carbocycles. The summed E-state index contributed by atoms with van der Waals surface area (Å²) in [5.74, 6) is -0.415. The summed E-state index contributed by atoms with van der Waals surface area (Å²) in [5, 5.41) is 0. The number of nitrogens with zero attached hydrogens (tertiary/aromatic N) is 2. The zero-order chi connectivity index (χ0) is 34.2. The molecule has 1 aliphatic heterocycles. The fraction of sp³-hybridized carbons (Fsp3) is 0.949. The lowest BCUT2D eigenvalue weighted by atomic mass is 10.0. The number of rotatable bonds is 34. The summed E-state index contributed by atoms with van der Waals surface area (Å²) in [6, 6.07) is 0. The second-order valence-corrected chi connectivity index (χ2v) is 16.2. The number of hydrogen-bond acceptors (Lipinski definition) is 7. The van der Waals surface area contributed by atoms with Crippen molar-refractivity contribution in [2.75, 3.05) is 40.4 Å². The summed E-state index contributed by atoms with van der Waals surface area (Å²) in [4.78, 5) is 25.2. The van der Waals surface area contributed by atoms with Gasteiger partial charge in [0.1, 0.15) is 6.61 Å². The molecule has 0 unspecified atom stereocenters. The van der Waals surface area contributed by atoms with Crippen molar-refractivity contribution >= 4 is 20.4 Å².